The Morgan fingerprint density at radius 3 is 3.00 bits per heavy atom. The summed E-state index contributed by atoms with van der Waals surface area (Å²) in [6, 6.07) is 5.97. The number of hydrogen-bond acceptors (Lipinski definition) is 2. The quantitative estimate of drug-likeness (QED) is 0.889. The van der Waals surface area contributed by atoms with E-state index in [4.69, 9.17) is 17.3 Å². The standard InChI is InChI=1S/C12H14ClN3/c1-9(14)12-3-2-6-16(12)8-10-4-5-15-7-11(10)13/h2-7,9H,8,14H2,1H3. The van der Waals surface area contributed by atoms with Gasteiger partial charge in [0.1, 0.15) is 0 Å². The molecule has 0 fully saturated rings. The molecule has 0 spiro atoms. The summed E-state index contributed by atoms with van der Waals surface area (Å²) < 4.78 is 2.10. The lowest BCUT2D eigenvalue weighted by Crippen LogP contribution is -2.12. The molecular formula is C12H14ClN3. The van der Waals surface area contributed by atoms with Gasteiger partial charge in [0.05, 0.1) is 5.02 Å². The second-order valence-electron chi connectivity index (χ2n) is 3.82. The maximum Gasteiger partial charge on any atom is 0.0639 e. The van der Waals surface area contributed by atoms with E-state index in [0.717, 1.165) is 17.8 Å². The van der Waals surface area contributed by atoms with Gasteiger partial charge in [0.15, 0.2) is 0 Å². The Morgan fingerprint density at radius 1 is 1.50 bits per heavy atom. The highest BCUT2D eigenvalue weighted by atomic mass is 35.5. The highest BCUT2D eigenvalue weighted by molar-refractivity contribution is 6.31. The molecule has 0 aliphatic rings. The number of nitrogens with two attached hydrogens (primary N) is 1. The van der Waals surface area contributed by atoms with Gasteiger partial charge in [0.25, 0.3) is 0 Å². The van der Waals surface area contributed by atoms with Gasteiger partial charge in [-0.25, -0.2) is 0 Å². The fourth-order valence-electron chi connectivity index (χ4n) is 1.70. The Labute approximate surface area is 99.9 Å². The van der Waals surface area contributed by atoms with Crippen molar-refractivity contribution in [3.8, 4) is 0 Å². The molecule has 2 rings (SSSR count). The van der Waals surface area contributed by atoms with E-state index >= 15 is 0 Å². The SMILES string of the molecule is CC(N)c1cccn1Cc1ccncc1Cl. The molecule has 0 radical (unpaired) electrons. The number of rotatable bonds is 3. The summed E-state index contributed by atoms with van der Waals surface area (Å²) in [6.07, 6.45) is 5.41. The smallest absolute Gasteiger partial charge is 0.0639 e. The van der Waals surface area contributed by atoms with Crippen LogP contribution in [0.5, 0.6) is 0 Å². The van der Waals surface area contributed by atoms with Crippen LogP contribution in [-0.4, -0.2) is 9.55 Å². The number of hydrogen-bond donors (Lipinski definition) is 1. The van der Waals surface area contributed by atoms with Crippen LogP contribution in [0.25, 0.3) is 0 Å². The van der Waals surface area contributed by atoms with Gasteiger partial charge in [-0.15, -0.1) is 0 Å². The van der Waals surface area contributed by atoms with E-state index < -0.39 is 0 Å². The first kappa shape index (κ1) is 11.2. The second kappa shape index (κ2) is 4.68. The first-order valence-corrected chi connectivity index (χ1v) is 5.55. The topological polar surface area (TPSA) is 43.8 Å². The summed E-state index contributed by atoms with van der Waals surface area (Å²) in [5.74, 6) is 0. The molecule has 2 N–H and O–H groups in total. The zero-order valence-electron chi connectivity index (χ0n) is 9.10. The van der Waals surface area contributed by atoms with E-state index in [0.29, 0.717) is 5.02 Å². The van der Waals surface area contributed by atoms with Crippen LogP contribution >= 0.6 is 11.6 Å². The van der Waals surface area contributed by atoms with Crippen molar-refractivity contribution >= 4 is 11.6 Å². The molecule has 1 unspecified atom stereocenters. The van der Waals surface area contributed by atoms with Gasteiger partial charge in [0.2, 0.25) is 0 Å². The minimum Gasteiger partial charge on any atom is -0.346 e. The van der Waals surface area contributed by atoms with Gasteiger partial charge >= 0.3 is 0 Å². The minimum atomic E-state index is 0.0237. The zero-order valence-corrected chi connectivity index (χ0v) is 9.85. The van der Waals surface area contributed by atoms with Crippen LogP contribution < -0.4 is 5.73 Å². The van der Waals surface area contributed by atoms with E-state index in [-0.39, 0.29) is 6.04 Å². The second-order valence-corrected chi connectivity index (χ2v) is 4.22. The van der Waals surface area contributed by atoms with Crippen molar-refractivity contribution < 1.29 is 0 Å². The van der Waals surface area contributed by atoms with Crippen molar-refractivity contribution in [1.29, 1.82) is 0 Å². The van der Waals surface area contributed by atoms with Crippen LogP contribution in [0.15, 0.2) is 36.8 Å². The summed E-state index contributed by atoms with van der Waals surface area (Å²) in [5, 5.41) is 0.687. The highest BCUT2D eigenvalue weighted by Crippen LogP contribution is 2.18. The molecular weight excluding hydrogens is 222 g/mol. The molecule has 0 aromatic carbocycles. The average Bonchev–Trinajstić information content (AvgIpc) is 2.69. The number of nitrogens with zero attached hydrogens (tertiary/aromatic N) is 2. The van der Waals surface area contributed by atoms with Crippen LogP contribution in [0.2, 0.25) is 5.02 Å². The molecule has 2 heterocycles. The molecule has 4 heteroatoms. The van der Waals surface area contributed by atoms with Gasteiger partial charge in [-0.2, -0.15) is 0 Å². The van der Waals surface area contributed by atoms with E-state index in [1.807, 2.05) is 31.3 Å². The van der Waals surface area contributed by atoms with Crippen molar-refractivity contribution in [2.45, 2.75) is 19.5 Å². The van der Waals surface area contributed by atoms with Crippen LogP contribution in [0.1, 0.15) is 24.2 Å². The van der Waals surface area contributed by atoms with Crippen molar-refractivity contribution in [2.75, 3.05) is 0 Å². The fraction of sp³-hybridized carbons (Fsp3) is 0.250. The summed E-state index contributed by atoms with van der Waals surface area (Å²) >= 11 is 6.07. The maximum absolute atomic E-state index is 6.07. The third-order valence-corrected chi connectivity index (χ3v) is 2.87. The summed E-state index contributed by atoms with van der Waals surface area (Å²) in [6.45, 7) is 2.70. The third-order valence-electron chi connectivity index (χ3n) is 2.53. The molecule has 16 heavy (non-hydrogen) atoms. The molecule has 0 amide bonds. The van der Waals surface area contributed by atoms with E-state index in [1.54, 1.807) is 12.4 Å². The van der Waals surface area contributed by atoms with Crippen molar-refractivity contribution in [2.24, 2.45) is 5.73 Å². The Hall–Kier alpha value is -1.32. The first-order valence-electron chi connectivity index (χ1n) is 5.17. The normalized spacial score (nSPS) is 12.7. The average molecular weight is 236 g/mol. The predicted molar refractivity (Wildman–Crippen MR) is 65.4 cm³/mol. The number of pyridine rings is 1. The van der Waals surface area contributed by atoms with Crippen LogP contribution in [-0.2, 0) is 6.54 Å². The van der Waals surface area contributed by atoms with Crippen LogP contribution in [0.3, 0.4) is 0 Å². The van der Waals surface area contributed by atoms with Gasteiger partial charge in [-0.1, -0.05) is 11.6 Å². The number of aromatic nitrogens is 2. The Balaban J connectivity index is 2.27. The van der Waals surface area contributed by atoms with Gasteiger partial charge in [-0.05, 0) is 30.7 Å². The Bertz CT molecular complexity index is 477. The van der Waals surface area contributed by atoms with Gasteiger partial charge in [-0.3, -0.25) is 4.98 Å². The molecule has 0 saturated heterocycles. The molecule has 3 nitrogen and oxygen atoms in total. The van der Waals surface area contributed by atoms with E-state index in [1.165, 1.54) is 0 Å². The zero-order chi connectivity index (χ0) is 11.5. The van der Waals surface area contributed by atoms with E-state index in [2.05, 4.69) is 9.55 Å². The highest BCUT2D eigenvalue weighted by Gasteiger charge is 2.07. The Morgan fingerprint density at radius 2 is 2.31 bits per heavy atom. The van der Waals surface area contributed by atoms with Gasteiger partial charge < -0.3 is 10.3 Å². The monoisotopic (exact) mass is 235 g/mol. The molecule has 2 aromatic rings. The molecule has 84 valence electrons. The summed E-state index contributed by atoms with van der Waals surface area (Å²) in [5.41, 5.74) is 8.04. The van der Waals surface area contributed by atoms with Crippen molar-refractivity contribution in [3.05, 3.63) is 53.1 Å². The van der Waals surface area contributed by atoms with E-state index in [9.17, 15) is 0 Å². The molecule has 0 aliphatic heterocycles. The van der Waals surface area contributed by atoms with Crippen molar-refractivity contribution in [3.63, 3.8) is 0 Å². The first-order chi connectivity index (χ1) is 7.68. The predicted octanol–water partition coefficient (Wildman–Crippen LogP) is 2.60. The van der Waals surface area contributed by atoms with Crippen LogP contribution in [0, 0.1) is 0 Å². The lowest BCUT2D eigenvalue weighted by Gasteiger charge is -2.12. The van der Waals surface area contributed by atoms with Crippen molar-refractivity contribution in [1.82, 2.24) is 9.55 Å². The summed E-state index contributed by atoms with van der Waals surface area (Å²) in [4.78, 5) is 3.97. The summed E-state index contributed by atoms with van der Waals surface area (Å²) in [7, 11) is 0. The fourth-order valence-corrected chi connectivity index (χ4v) is 1.88. The third kappa shape index (κ3) is 2.26. The molecule has 0 aliphatic carbocycles. The number of halogens is 1. The minimum absolute atomic E-state index is 0.0237. The lowest BCUT2D eigenvalue weighted by atomic mass is 10.2. The maximum atomic E-state index is 6.07. The Kier molecular flexibility index (Phi) is 3.27. The molecule has 0 bridgehead atoms. The molecule has 0 saturated carbocycles. The van der Waals surface area contributed by atoms with Crippen LogP contribution in [0.4, 0.5) is 0 Å². The van der Waals surface area contributed by atoms with Gasteiger partial charge in [0, 0.05) is 36.9 Å². The molecule has 1 atom stereocenters. The lowest BCUT2D eigenvalue weighted by molar-refractivity contribution is 0.675. The largest absolute Gasteiger partial charge is 0.346 e. The molecule has 2 aromatic heterocycles.